The number of phosphoric ester groups is 1. The van der Waals surface area contributed by atoms with E-state index in [9.17, 15) is 24.2 Å². The Morgan fingerprint density at radius 1 is 0.685 bits per heavy atom. The van der Waals surface area contributed by atoms with Crippen LogP contribution in [0.15, 0.2) is 36.5 Å². The Balaban J connectivity index is 4.44. The molecule has 10 nitrogen and oxygen atoms in total. The summed E-state index contributed by atoms with van der Waals surface area (Å²) >= 11 is 0. The van der Waals surface area contributed by atoms with Gasteiger partial charge in [0.1, 0.15) is 19.8 Å². The van der Waals surface area contributed by atoms with Crippen LogP contribution in [-0.2, 0) is 32.7 Å². The molecule has 2 unspecified atom stereocenters. The van der Waals surface area contributed by atoms with Crippen molar-refractivity contribution in [2.75, 3.05) is 47.5 Å². The predicted molar refractivity (Wildman–Crippen MR) is 219 cm³/mol. The topological polar surface area (TPSA) is 131 Å². The SMILES string of the molecule is CC/C=C/CC(O)/C=C/C=C/CCCCCCCC(=O)O[C@H](COC(=O)CCCCCCCCCCCCCCCC)COP(=O)([O-])OCC[N+](C)(C)C. The number of carbonyl (C=O) groups excluding carboxylic acids is 2. The zero-order valence-corrected chi connectivity index (χ0v) is 35.9. The molecular weight excluding hydrogens is 705 g/mol. The third-order valence-electron chi connectivity index (χ3n) is 9.00. The first kappa shape index (κ1) is 52.2. The van der Waals surface area contributed by atoms with Crippen molar-refractivity contribution in [1.29, 1.82) is 0 Å². The quantitative estimate of drug-likeness (QED) is 0.0162. The van der Waals surface area contributed by atoms with E-state index in [1.54, 1.807) is 6.08 Å². The summed E-state index contributed by atoms with van der Waals surface area (Å²) in [5.41, 5.74) is 0. The van der Waals surface area contributed by atoms with Crippen LogP contribution in [0, 0.1) is 0 Å². The van der Waals surface area contributed by atoms with Gasteiger partial charge in [-0.2, -0.15) is 0 Å². The lowest BCUT2D eigenvalue weighted by Gasteiger charge is -2.28. The molecule has 54 heavy (non-hydrogen) atoms. The predicted octanol–water partition coefficient (Wildman–Crippen LogP) is 10.1. The van der Waals surface area contributed by atoms with Gasteiger partial charge < -0.3 is 33.0 Å². The number of likely N-dealkylation sites (N-methyl/N-ethyl adjacent to an activating group) is 1. The molecule has 0 amide bonds. The maximum absolute atomic E-state index is 12.6. The van der Waals surface area contributed by atoms with E-state index in [0.29, 0.717) is 23.9 Å². The molecule has 0 saturated carbocycles. The Labute approximate surface area is 330 Å². The first-order chi connectivity index (χ1) is 25.9. The number of unbranched alkanes of at least 4 members (excludes halogenated alkanes) is 18. The number of nitrogens with zero attached hydrogens (tertiary/aromatic N) is 1. The highest BCUT2D eigenvalue weighted by Gasteiger charge is 2.21. The van der Waals surface area contributed by atoms with Crippen molar-refractivity contribution >= 4 is 19.8 Å². The molecule has 0 aromatic rings. The van der Waals surface area contributed by atoms with Gasteiger partial charge in [0.05, 0.1) is 33.9 Å². The summed E-state index contributed by atoms with van der Waals surface area (Å²) in [7, 11) is 1.12. The number of rotatable bonds is 38. The van der Waals surface area contributed by atoms with Crippen molar-refractivity contribution in [1.82, 2.24) is 0 Å². The van der Waals surface area contributed by atoms with E-state index in [1.807, 2.05) is 45.4 Å². The van der Waals surface area contributed by atoms with E-state index in [-0.39, 0.29) is 26.1 Å². The summed E-state index contributed by atoms with van der Waals surface area (Å²) in [5, 5.41) is 9.88. The molecule has 0 radical (unpaired) electrons. The molecule has 3 atom stereocenters. The lowest BCUT2D eigenvalue weighted by Crippen LogP contribution is -2.37. The number of hydrogen-bond donors (Lipinski definition) is 1. The average molecular weight is 786 g/mol. The second-order valence-corrected chi connectivity index (χ2v) is 16.9. The number of allylic oxidation sites excluding steroid dienone is 4. The number of aliphatic hydroxyl groups excluding tert-OH is 1. The number of quaternary nitrogens is 1. The Bertz CT molecular complexity index is 1040. The maximum atomic E-state index is 12.6. The molecule has 0 fully saturated rings. The zero-order chi connectivity index (χ0) is 40.2. The fraction of sp³-hybridized carbons (Fsp3) is 0.814. The van der Waals surface area contributed by atoms with Crippen LogP contribution in [0.1, 0.15) is 168 Å². The highest BCUT2D eigenvalue weighted by Crippen LogP contribution is 2.38. The van der Waals surface area contributed by atoms with Crippen LogP contribution in [0.3, 0.4) is 0 Å². The molecule has 316 valence electrons. The van der Waals surface area contributed by atoms with Crippen LogP contribution in [0.5, 0.6) is 0 Å². The minimum absolute atomic E-state index is 0.0441. The molecule has 0 aliphatic carbocycles. The largest absolute Gasteiger partial charge is 0.756 e. The molecule has 0 aliphatic heterocycles. The minimum Gasteiger partial charge on any atom is -0.756 e. The van der Waals surface area contributed by atoms with Gasteiger partial charge in [-0.1, -0.05) is 153 Å². The highest BCUT2D eigenvalue weighted by atomic mass is 31.2. The lowest BCUT2D eigenvalue weighted by atomic mass is 10.0. The van der Waals surface area contributed by atoms with Crippen LogP contribution < -0.4 is 4.89 Å². The molecule has 0 spiro atoms. The van der Waals surface area contributed by atoms with Crippen molar-refractivity contribution in [3.05, 3.63) is 36.5 Å². The van der Waals surface area contributed by atoms with Crippen molar-refractivity contribution in [2.24, 2.45) is 0 Å². The molecule has 0 saturated heterocycles. The molecule has 0 aromatic carbocycles. The highest BCUT2D eigenvalue weighted by molar-refractivity contribution is 7.45. The van der Waals surface area contributed by atoms with Crippen molar-refractivity contribution in [3.63, 3.8) is 0 Å². The Kier molecular flexibility index (Phi) is 34.4. The van der Waals surface area contributed by atoms with Crippen LogP contribution in [0.4, 0.5) is 0 Å². The van der Waals surface area contributed by atoms with Crippen LogP contribution >= 0.6 is 7.82 Å². The van der Waals surface area contributed by atoms with E-state index in [4.69, 9.17) is 18.5 Å². The molecular formula is C43H80NO9P. The fourth-order valence-corrected chi connectivity index (χ4v) is 6.36. The van der Waals surface area contributed by atoms with E-state index in [1.165, 1.54) is 70.6 Å². The first-order valence-electron chi connectivity index (χ1n) is 21.3. The molecule has 1 N–H and O–H groups in total. The minimum atomic E-state index is -4.64. The van der Waals surface area contributed by atoms with E-state index in [0.717, 1.165) is 57.8 Å². The fourth-order valence-electron chi connectivity index (χ4n) is 5.63. The molecule has 11 heteroatoms. The number of ether oxygens (including phenoxy) is 2. The van der Waals surface area contributed by atoms with Crippen molar-refractivity contribution in [2.45, 2.75) is 180 Å². The maximum Gasteiger partial charge on any atom is 0.306 e. The van der Waals surface area contributed by atoms with E-state index < -0.39 is 38.6 Å². The summed E-state index contributed by atoms with van der Waals surface area (Å²) in [6.45, 7) is 3.97. The number of hydrogen-bond acceptors (Lipinski definition) is 9. The van der Waals surface area contributed by atoms with Gasteiger partial charge in [-0.25, -0.2) is 0 Å². The average Bonchev–Trinajstić information content (AvgIpc) is 3.11. The van der Waals surface area contributed by atoms with Crippen molar-refractivity contribution < 1.29 is 47.2 Å². The zero-order valence-electron chi connectivity index (χ0n) is 35.0. The number of aliphatic hydroxyl groups is 1. The number of esters is 2. The van der Waals surface area contributed by atoms with Crippen LogP contribution in [0.25, 0.3) is 0 Å². The normalized spacial score (nSPS) is 14.6. The van der Waals surface area contributed by atoms with Gasteiger partial charge in [0.25, 0.3) is 7.82 Å². The first-order valence-corrected chi connectivity index (χ1v) is 22.8. The van der Waals surface area contributed by atoms with E-state index >= 15 is 0 Å². The lowest BCUT2D eigenvalue weighted by molar-refractivity contribution is -0.870. The Morgan fingerprint density at radius 2 is 1.22 bits per heavy atom. The van der Waals surface area contributed by atoms with Crippen molar-refractivity contribution in [3.8, 4) is 0 Å². The number of phosphoric acid groups is 1. The van der Waals surface area contributed by atoms with Gasteiger partial charge in [-0.15, -0.1) is 0 Å². The summed E-state index contributed by atoms with van der Waals surface area (Å²) in [5.74, 6) is -0.886. The Morgan fingerprint density at radius 3 is 1.78 bits per heavy atom. The summed E-state index contributed by atoms with van der Waals surface area (Å²) in [4.78, 5) is 37.5. The van der Waals surface area contributed by atoms with Gasteiger partial charge in [-0.05, 0) is 38.5 Å². The van der Waals surface area contributed by atoms with Gasteiger partial charge in [0.15, 0.2) is 6.10 Å². The van der Waals surface area contributed by atoms with E-state index in [2.05, 4.69) is 19.9 Å². The van der Waals surface area contributed by atoms with Gasteiger partial charge in [0.2, 0.25) is 0 Å². The molecule has 0 rings (SSSR count). The third kappa shape index (κ3) is 38.5. The van der Waals surface area contributed by atoms with Crippen LogP contribution in [-0.4, -0.2) is 81.2 Å². The second-order valence-electron chi connectivity index (χ2n) is 15.5. The summed E-state index contributed by atoms with van der Waals surface area (Å²) in [6, 6.07) is 0. The monoisotopic (exact) mass is 786 g/mol. The second kappa shape index (κ2) is 35.6. The smallest absolute Gasteiger partial charge is 0.306 e. The van der Waals surface area contributed by atoms with Crippen LogP contribution in [0.2, 0.25) is 0 Å². The molecule has 0 aromatic heterocycles. The molecule has 0 bridgehead atoms. The Hall–Kier alpha value is -1.81. The number of carbonyl (C=O) groups is 2. The third-order valence-corrected chi connectivity index (χ3v) is 9.97. The van der Waals surface area contributed by atoms with Gasteiger partial charge >= 0.3 is 11.9 Å². The molecule has 0 heterocycles. The van der Waals surface area contributed by atoms with Gasteiger partial charge in [0, 0.05) is 12.8 Å². The standard InChI is InChI=1S/C43H80NO9P/c1-6-8-10-11-12-13-14-15-16-17-20-23-26-30-34-42(46)50-38-41(39-52-54(48,49)51-37-36-44(3,4)5)53-43(47)35-31-27-24-21-18-19-22-25-29-33-40(45)32-28-9-7-2/h9,22,25,28-29,33,40-41,45H,6-8,10-21,23-24,26-27,30-32,34-39H2,1-5H3/b25-22+,28-9+,33-29+/t40?,41-/m1/s1. The summed E-state index contributed by atoms with van der Waals surface area (Å²) in [6.07, 6.45) is 35.0. The molecule has 0 aliphatic rings. The summed E-state index contributed by atoms with van der Waals surface area (Å²) < 4.78 is 33.8. The van der Waals surface area contributed by atoms with Gasteiger partial charge in [-0.3, -0.25) is 14.2 Å².